The summed E-state index contributed by atoms with van der Waals surface area (Å²) in [5.41, 5.74) is 1.74. The van der Waals surface area contributed by atoms with Crippen LogP contribution in [-0.4, -0.2) is 19.1 Å². The number of carbonyl (C=O) groups excluding carboxylic acids is 1. The first-order chi connectivity index (χ1) is 11.0. The van der Waals surface area contributed by atoms with Crippen molar-refractivity contribution < 1.29 is 13.9 Å². The molecule has 0 saturated heterocycles. The third-order valence-electron chi connectivity index (χ3n) is 3.11. The fourth-order valence-electron chi connectivity index (χ4n) is 1.81. The molecule has 2 aromatic rings. The zero-order chi connectivity index (χ0) is 16.7. The molecule has 5 heteroatoms. The van der Waals surface area contributed by atoms with E-state index >= 15 is 0 Å². The van der Waals surface area contributed by atoms with Crippen LogP contribution in [0.3, 0.4) is 0 Å². The van der Waals surface area contributed by atoms with Crippen molar-refractivity contribution in [1.82, 2.24) is 5.32 Å². The van der Waals surface area contributed by atoms with Crippen molar-refractivity contribution in [3.63, 3.8) is 0 Å². The Kier molecular flexibility index (Phi) is 6.18. The molecule has 0 spiro atoms. The second kappa shape index (κ2) is 8.34. The average molecular weight is 334 g/mol. The Hall–Kier alpha value is -2.33. The van der Waals surface area contributed by atoms with E-state index in [0.29, 0.717) is 23.9 Å². The van der Waals surface area contributed by atoms with E-state index in [-0.39, 0.29) is 11.7 Å². The van der Waals surface area contributed by atoms with Gasteiger partial charge in [-0.25, -0.2) is 4.39 Å². The van der Waals surface area contributed by atoms with Gasteiger partial charge >= 0.3 is 0 Å². The first kappa shape index (κ1) is 17.0. The van der Waals surface area contributed by atoms with E-state index in [9.17, 15) is 9.18 Å². The van der Waals surface area contributed by atoms with Crippen LogP contribution in [-0.2, 0) is 4.79 Å². The number of hydrogen-bond donors (Lipinski definition) is 1. The Balaban J connectivity index is 1.72. The maximum absolute atomic E-state index is 12.8. The van der Waals surface area contributed by atoms with Crippen molar-refractivity contribution in [2.45, 2.75) is 6.92 Å². The van der Waals surface area contributed by atoms with Gasteiger partial charge < -0.3 is 10.1 Å². The Morgan fingerprint density at radius 3 is 2.70 bits per heavy atom. The van der Waals surface area contributed by atoms with Gasteiger partial charge in [0.05, 0.1) is 6.54 Å². The number of ether oxygens (including phenoxy) is 1. The van der Waals surface area contributed by atoms with Gasteiger partial charge in [0.15, 0.2) is 0 Å². The summed E-state index contributed by atoms with van der Waals surface area (Å²) < 4.78 is 18.3. The monoisotopic (exact) mass is 333 g/mol. The van der Waals surface area contributed by atoms with Crippen molar-refractivity contribution in [2.24, 2.45) is 0 Å². The summed E-state index contributed by atoms with van der Waals surface area (Å²) >= 11 is 6.00. The van der Waals surface area contributed by atoms with E-state index in [1.165, 1.54) is 18.2 Å². The number of hydrogen-bond acceptors (Lipinski definition) is 2. The molecule has 0 aromatic heterocycles. The molecule has 0 aliphatic rings. The van der Waals surface area contributed by atoms with Gasteiger partial charge in [0.1, 0.15) is 18.2 Å². The summed E-state index contributed by atoms with van der Waals surface area (Å²) in [4.78, 5) is 11.6. The van der Waals surface area contributed by atoms with Crippen LogP contribution in [0.15, 0.2) is 48.5 Å². The Morgan fingerprint density at radius 1 is 1.26 bits per heavy atom. The number of benzene rings is 2. The lowest BCUT2D eigenvalue weighted by Crippen LogP contribution is -2.26. The van der Waals surface area contributed by atoms with E-state index in [2.05, 4.69) is 5.32 Å². The lowest BCUT2D eigenvalue weighted by Gasteiger charge is -2.07. The van der Waals surface area contributed by atoms with Crippen LogP contribution in [0.4, 0.5) is 4.39 Å². The van der Waals surface area contributed by atoms with Gasteiger partial charge in [0, 0.05) is 11.1 Å². The zero-order valence-electron chi connectivity index (χ0n) is 12.7. The number of carbonyl (C=O) groups is 1. The Labute approximate surface area is 139 Å². The maximum atomic E-state index is 12.8. The molecule has 0 fully saturated rings. The van der Waals surface area contributed by atoms with Crippen molar-refractivity contribution in [3.8, 4) is 5.75 Å². The molecule has 2 rings (SSSR count). The number of nitrogens with one attached hydrogen (secondary N) is 1. The summed E-state index contributed by atoms with van der Waals surface area (Å²) in [5, 5.41) is 3.35. The van der Waals surface area contributed by atoms with Crippen LogP contribution in [0.5, 0.6) is 5.75 Å². The van der Waals surface area contributed by atoms with Gasteiger partial charge in [-0.1, -0.05) is 29.8 Å². The van der Waals surface area contributed by atoms with E-state index in [0.717, 1.165) is 11.1 Å². The average Bonchev–Trinajstić information content (AvgIpc) is 2.54. The Morgan fingerprint density at radius 2 is 2.00 bits per heavy atom. The van der Waals surface area contributed by atoms with Gasteiger partial charge in [0.2, 0.25) is 5.91 Å². The third-order valence-corrected chi connectivity index (χ3v) is 3.52. The maximum Gasteiger partial charge on any atom is 0.244 e. The smallest absolute Gasteiger partial charge is 0.244 e. The van der Waals surface area contributed by atoms with Crippen LogP contribution in [0.25, 0.3) is 6.08 Å². The predicted octanol–water partition coefficient (Wildman–Crippen LogP) is 4.00. The summed E-state index contributed by atoms with van der Waals surface area (Å²) in [6.45, 7) is 2.63. The quantitative estimate of drug-likeness (QED) is 0.641. The molecule has 23 heavy (non-hydrogen) atoms. The SMILES string of the molecule is Cc1ccc(OCCNC(=O)/C=C/c2ccc(F)cc2)cc1Cl. The number of rotatable bonds is 6. The van der Waals surface area contributed by atoms with Crippen molar-refractivity contribution in [2.75, 3.05) is 13.2 Å². The van der Waals surface area contributed by atoms with Gasteiger partial charge in [-0.2, -0.15) is 0 Å². The number of halogens is 2. The Bertz CT molecular complexity index is 699. The summed E-state index contributed by atoms with van der Waals surface area (Å²) in [5.74, 6) is 0.122. The second-order valence-electron chi connectivity index (χ2n) is 4.94. The van der Waals surface area contributed by atoms with Gasteiger partial charge in [-0.3, -0.25) is 4.79 Å². The van der Waals surface area contributed by atoms with Crippen molar-refractivity contribution in [1.29, 1.82) is 0 Å². The first-order valence-electron chi connectivity index (χ1n) is 7.15. The molecule has 2 aromatic carbocycles. The standard InChI is InChI=1S/C18H17ClFNO2/c1-13-2-8-16(12-17(13)19)23-11-10-21-18(22)9-5-14-3-6-15(20)7-4-14/h2-9,12H,10-11H2,1H3,(H,21,22)/b9-5+. The highest BCUT2D eigenvalue weighted by Crippen LogP contribution is 2.21. The molecular formula is C18H17ClFNO2. The highest BCUT2D eigenvalue weighted by Gasteiger charge is 2.00. The van der Waals surface area contributed by atoms with Crippen LogP contribution >= 0.6 is 11.6 Å². The van der Waals surface area contributed by atoms with Gasteiger partial charge in [-0.05, 0) is 48.4 Å². The van der Waals surface area contributed by atoms with E-state index in [1.807, 2.05) is 19.1 Å². The lowest BCUT2D eigenvalue weighted by molar-refractivity contribution is -0.116. The fraction of sp³-hybridized carbons (Fsp3) is 0.167. The first-order valence-corrected chi connectivity index (χ1v) is 7.53. The minimum absolute atomic E-state index is 0.236. The zero-order valence-corrected chi connectivity index (χ0v) is 13.4. The molecule has 3 nitrogen and oxygen atoms in total. The second-order valence-corrected chi connectivity index (χ2v) is 5.34. The fourth-order valence-corrected chi connectivity index (χ4v) is 1.98. The minimum Gasteiger partial charge on any atom is -0.492 e. The molecule has 0 radical (unpaired) electrons. The van der Waals surface area contributed by atoms with E-state index in [4.69, 9.17) is 16.3 Å². The minimum atomic E-state index is -0.306. The summed E-state index contributed by atoms with van der Waals surface area (Å²) in [6.07, 6.45) is 3.02. The molecular weight excluding hydrogens is 317 g/mol. The van der Waals surface area contributed by atoms with E-state index in [1.54, 1.807) is 24.3 Å². The van der Waals surface area contributed by atoms with Crippen LogP contribution < -0.4 is 10.1 Å². The van der Waals surface area contributed by atoms with Crippen molar-refractivity contribution >= 4 is 23.6 Å². The molecule has 0 bridgehead atoms. The highest BCUT2D eigenvalue weighted by molar-refractivity contribution is 6.31. The topological polar surface area (TPSA) is 38.3 Å². The lowest BCUT2D eigenvalue weighted by atomic mass is 10.2. The normalized spacial score (nSPS) is 10.7. The van der Waals surface area contributed by atoms with Crippen LogP contribution in [0.2, 0.25) is 5.02 Å². The predicted molar refractivity (Wildman–Crippen MR) is 90.1 cm³/mol. The largest absolute Gasteiger partial charge is 0.492 e. The number of amides is 1. The molecule has 0 aliphatic heterocycles. The summed E-state index contributed by atoms with van der Waals surface area (Å²) in [7, 11) is 0. The molecule has 0 unspecified atom stereocenters. The van der Waals surface area contributed by atoms with E-state index < -0.39 is 0 Å². The van der Waals surface area contributed by atoms with Crippen LogP contribution in [0.1, 0.15) is 11.1 Å². The number of aryl methyl sites for hydroxylation is 1. The molecule has 0 saturated carbocycles. The molecule has 120 valence electrons. The third kappa shape index (κ3) is 5.75. The van der Waals surface area contributed by atoms with Crippen LogP contribution in [0, 0.1) is 12.7 Å². The van der Waals surface area contributed by atoms with Crippen molar-refractivity contribution in [3.05, 3.63) is 70.5 Å². The molecule has 1 N–H and O–H groups in total. The van der Waals surface area contributed by atoms with Gasteiger partial charge in [-0.15, -0.1) is 0 Å². The molecule has 0 atom stereocenters. The van der Waals surface area contributed by atoms with Gasteiger partial charge in [0.25, 0.3) is 0 Å². The summed E-state index contributed by atoms with van der Waals surface area (Å²) in [6, 6.07) is 11.3. The molecule has 1 amide bonds. The highest BCUT2D eigenvalue weighted by atomic mass is 35.5. The molecule has 0 heterocycles. The molecule has 0 aliphatic carbocycles.